The number of carboxylic acid groups (broad SMARTS) is 1. The maximum Gasteiger partial charge on any atom is 0.335 e. The van der Waals surface area contributed by atoms with E-state index in [0.29, 0.717) is 19.5 Å². The first-order chi connectivity index (χ1) is 10.9. The van der Waals surface area contributed by atoms with Crippen LogP contribution in [0.2, 0.25) is 0 Å². The molecule has 1 aromatic rings. The van der Waals surface area contributed by atoms with E-state index in [1.54, 1.807) is 17.0 Å². The van der Waals surface area contributed by atoms with Gasteiger partial charge in [-0.05, 0) is 30.5 Å². The summed E-state index contributed by atoms with van der Waals surface area (Å²) in [4.78, 5) is 36.9. The molecule has 1 heterocycles. The van der Waals surface area contributed by atoms with Crippen LogP contribution in [0.4, 0.5) is 0 Å². The minimum atomic E-state index is -0.977. The number of amides is 2. The van der Waals surface area contributed by atoms with Crippen LogP contribution in [0.15, 0.2) is 24.3 Å². The molecule has 0 aromatic heterocycles. The molecule has 1 aliphatic rings. The molecular weight excluding hydrogens is 296 g/mol. The Labute approximate surface area is 135 Å². The number of carbonyl (C=O) groups excluding carboxylic acids is 2. The fraction of sp³-hybridized carbons (Fsp3) is 0.471. The number of aromatic carboxylic acids is 1. The van der Waals surface area contributed by atoms with Gasteiger partial charge in [-0.25, -0.2) is 4.79 Å². The zero-order valence-corrected chi connectivity index (χ0v) is 13.4. The molecule has 1 saturated heterocycles. The van der Waals surface area contributed by atoms with Crippen LogP contribution in [-0.2, 0) is 16.1 Å². The lowest BCUT2D eigenvalue weighted by atomic mass is 10.1. The highest BCUT2D eigenvalue weighted by molar-refractivity contribution is 5.89. The van der Waals surface area contributed by atoms with E-state index in [-0.39, 0.29) is 23.3 Å². The molecule has 23 heavy (non-hydrogen) atoms. The van der Waals surface area contributed by atoms with Gasteiger partial charge in [0.15, 0.2) is 0 Å². The van der Waals surface area contributed by atoms with Crippen molar-refractivity contribution < 1.29 is 19.5 Å². The van der Waals surface area contributed by atoms with E-state index in [9.17, 15) is 14.4 Å². The number of rotatable bonds is 5. The molecule has 2 rings (SSSR count). The van der Waals surface area contributed by atoms with Crippen molar-refractivity contribution in [1.29, 1.82) is 0 Å². The topological polar surface area (TPSA) is 86.7 Å². The molecule has 0 radical (unpaired) electrons. The number of carbonyl (C=O) groups is 3. The van der Waals surface area contributed by atoms with Crippen molar-refractivity contribution in [2.24, 2.45) is 5.92 Å². The van der Waals surface area contributed by atoms with Gasteiger partial charge in [0.05, 0.1) is 5.56 Å². The van der Waals surface area contributed by atoms with Crippen molar-refractivity contribution in [3.05, 3.63) is 35.4 Å². The highest BCUT2D eigenvalue weighted by atomic mass is 16.4. The van der Waals surface area contributed by atoms with Crippen LogP contribution in [0.5, 0.6) is 0 Å². The lowest BCUT2D eigenvalue weighted by Crippen LogP contribution is -2.47. The molecule has 124 valence electrons. The summed E-state index contributed by atoms with van der Waals surface area (Å²) >= 11 is 0. The zero-order valence-electron chi connectivity index (χ0n) is 13.4. The van der Waals surface area contributed by atoms with Gasteiger partial charge in [-0.15, -0.1) is 0 Å². The smallest absolute Gasteiger partial charge is 0.335 e. The highest BCUT2D eigenvalue weighted by Crippen LogP contribution is 2.20. The van der Waals surface area contributed by atoms with Gasteiger partial charge in [0.2, 0.25) is 11.8 Å². The number of carboxylic acids is 1. The van der Waals surface area contributed by atoms with E-state index in [2.05, 4.69) is 5.32 Å². The Morgan fingerprint density at radius 3 is 2.48 bits per heavy atom. The van der Waals surface area contributed by atoms with Gasteiger partial charge < -0.3 is 15.3 Å². The van der Waals surface area contributed by atoms with Gasteiger partial charge in [-0.3, -0.25) is 9.59 Å². The van der Waals surface area contributed by atoms with E-state index in [1.807, 2.05) is 13.8 Å². The highest BCUT2D eigenvalue weighted by Gasteiger charge is 2.34. The summed E-state index contributed by atoms with van der Waals surface area (Å²) in [6.07, 6.45) is 1.52. The Hall–Kier alpha value is -2.37. The SMILES string of the molecule is CC(C)C(=O)N1CCC[C@@H]1C(=O)NCc1ccc(C(=O)O)cc1. The lowest BCUT2D eigenvalue weighted by molar-refractivity contribution is -0.140. The van der Waals surface area contributed by atoms with Crippen LogP contribution in [0, 0.1) is 5.92 Å². The molecule has 0 aliphatic carbocycles. The summed E-state index contributed by atoms with van der Waals surface area (Å²) in [5.74, 6) is -1.24. The van der Waals surface area contributed by atoms with Crippen molar-refractivity contribution in [2.45, 2.75) is 39.3 Å². The lowest BCUT2D eigenvalue weighted by Gasteiger charge is -2.25. The molecule has 1 fully saturated rings. The van der Waals surface area contributed by atoms with E-state index in [4.69, 9.17) is 5.11 Å². The minimum absolute atomic E-state index is 0.00783. The third-order valence-electron chi connectivity index (χ3n) is 4.00. The molecule has 1 aliphatic heterocycles. The molecular formula is C17H22N2O4. The van der Waals surface area contributed by atoms with E-state index in [1.165, 1.54) is 12.1 Å². The Morgan fingerprint density at radius 2 is 1.91 bits per heavy atom. The summed E-state index contributed by atoms with van der Waals surface area (Å²) in [5, 5.41) is 11.7. The maximum atomic E-state index is 12.3. The van der Waals surface area contributed by atoms with Crippen molar-refractivity contribution in [2.75, 3.05) is 6.54 Å². The third kappa shape index (κ3) is 4.09. The van der Waals surface area contributed by atoms with Crippen molar-refractivity contribution in [3.63, 3.8) is 0 Å². The van der Waals surface area contributed by atoms with Gasteiger partial charge >= 0.3 is 5.97 Å². The van der Waals surface area contributed by atoms with Gasteiger partial charge in [0.1, 0.15) is 6.04 Å². The first kappa shape index (κ1) is 17.0. The largest absolute Gasteiger partial charge is 0.478 e. The molecule has 1 atom stereocenters. The van der Waals surface area contributed by atoms with Gasteiger partial charge in [0, 0.05) is 19.0 Å². The summed E-state index contributed by atoms with van der Waals surface area (Å²) in [6, 6.07) is 5.97. The number of benzene rings is 1. The molecule has 2 amide bonds. The van der Waals surface area contributed by atoms with Crippen LogP contribution in [0.25, 0.3) is 0 Å². The summed E-state index contributed by atoms with van der Waals surface area (Å²) in [5.41, 5.74) is 1.03. The number of hydrogen-bond acceptors (Lipinski definition) is 3. The molecule has 2 N–H and O–H groups in total. The molecule has 0 unspecified atom stereocenters. The Bertz CT molecular complexity index is 595. The second kappa shape index (κ2) is 7.26. The van der Waals surface area contributed by atoms with Gasteiger partial charge in [-0.2, -0.15) is 0 Å². The van der Waals surface area contributed by atoms with Crippen LogP contribution in [0.1, 0.15) is 42.6 Å². The molecule has 0 spiro atoms. The third-order valence-corrected chi connectivity index (χ3v) is 4.00. The second-order valence-corrected chi connectivity index (χ2v) is 6.06. The quantitative estimate of drug-likeness (QED) is 0.864. The Morgan fingerprint density at radius 1 is 1.26 bits per heavy atom. The number of likely N-dealkylation sites (tertiary alicyclic amines) is 1. The zero-order chi connectivity index (χ0) is 17.0. The number of nitrogens with one attached hydrogen (secondary N) is 1. The van der Waals surface area contributed by atoms with Crippen molar-refractivity contribution in [1.82, 2.24) is 10.2 Å². The van der Waals surface area contributed by atoms with Crippen LogP contribution in [0.3, 0.4) is 0 Å². The molecule has 6 nitrogen and oxygen atoms in total. The summed E-state index contributed by atoms with van der Waals surface area (Å²) in [7, 11) is 0. The van der Waals surface area contributed by atoms with Gasteiger partial charge in [0.25, 0.3) is 0 Å². The molecule has 1 aromatic carbocycles. The fourth-order valence-corrected chi connectivity index (χ4v) is 2.71. The van der Waals surface area contributed by atoms with E-state index < -0.39 is 12.0 Å². The Balaban J connectivity index is 1.93. The molecule has 0 bridgehead atoms. The van der Waals surface area contributed by atoms with Crippen LogP contribution >= 0.6 is 0 Å². The molecule has 0 saturated carbocycles. The summed E-state index contributed by atoms with van der Waals surface area (Å²) in [6.45, 7) is 4.61. The van der Waals surface area contributed by atoms with Crippen LogP contribution in [-0.4, -0.2) is 40.4 Å². The standard InChI is InChI=1S/C17H22N2O4/c1-11(2)16(21)19-9-3-4-14(19)15(20)18-10-12-5-7-13(8-6-12)17(22)23/h5-8,11,14H,3-4,9-10H2,1-2H3,(H,18,20)(H,22,23)/t14-/m1/s1. The predicted molar refractivity (Wildman–Crippen MR) is 84.8 cm³/mol. The monoisotopic (exact) mass is 318 g/mol. The van der Waals surface area contributed by atoms with Crippen LogP contribution < -0.4 is 5.32 Å². The van der Waals surface area contributed by atoms with E-state index >= 15 is 0 Å². The minimum Gasteiger partial charge on any atom is -0.478 e. The predicted octanol–water partition coefficient (Wildman–Crippen LogP) is 1.65. The Kier molecular flexibility index (Phi) is 5.36. The van der Waals surface area contributed by atoms with Crippen molar-refractivity contribution in [3.8, 4) is 0 Å². The number of nitrogens with zero attached hydrogens (tertiary/aromatic N) is 1. The first-order valence-electron chi connectivity index (χ1n) is 7.80. The normalized spacial score (nSPS) is 17.3. The molecule has 6 heteroatoms. The fourth-order valence-electron chi connectivity index (χ4n) is 2.71. The first-order valence-corrected chi connectivity index (χ1v) is 7.80. The van der Waals surface area contributed by atoms with Gasteiger partial charge in [-0.1, -0.05) is 26.0 Å². The average Bonchev–Trinajstić information content (AvgIpc) is 3.01. The van der Waals surface area contributed by atoms with Crippen molar-refractivity contribution >= 4 is 17.8 Å². The second-order valence-electron chi connectivity index (χ2n) is 6.06. The van der Waals surface area contributed by atoms with E-state index in [0.717, 1.165) is 12.0 Å². The average molecular weight is 318 g/mol. The summed E-state index contributed by atoms with van der Waals surface area (Å²) < 4.78 is 0. The number of hydrogen-bond donors (Lipinski definition) is 2. The maximum absolute atomic E-state index is 12.3.